The SMILES string of the molecule is ON=C(c1ccccc1)C(O)C1CCCCC1. The molecule has 1 fully saturated rings. The Morgan fingerprint density at radius 3 is 2.35 bits per heavy atom. The zero-order valence-electron chi connectivity index (χ0n) is 9.92. The van der Waals surface area contributed by atoms with Crippen molar-refractivity contribution in [3.8, 4) is 0 Å². The van der Waals surface area contributed by atoms with Gasteiger partial charge in [0.1, 0.15) is 11.8 Å². The van der Waals surface area contributed by atoms with Gasteiger partial charge in [-0.2, -0.15) is 0 Å². The average molecular weight is 233 g/mol. The Hall–Kier alpha value is -1.35. The number of oxime groups is 1. The quantitative estimate of drug-likeness (QED) is 0.479. The maximum Gasteiger partial charge on any atom is 0.116 e. The number of aliphatic hydroxyl groups excluding tert-OH is 1. The molecule has 0 aromatic heterocycles. The zero-order chi connectivity index (χ0) is 12.1. The topological polar surface area (TPSA) is 52.8 Å². The number of hydrogen-bond donors (Lipinski definition) is 2. The molecule has 1 aliphatic carbocycles. The minimum absolute atomic E-state index is 0.231. The van der Waals surface area contributed by atoms with Crippen molar-refractivity contribution in [2.75, 3.05) is 0 Å². The van der Waals surface area contributed by atoms with E-state index in [1.165, 1.54) is 6.42 Å². The first-order chi connectivity index (χ1) is 8.33. The molecule has 1 aliphatic rings. The van der Waals surface area contributed by atoms with Gasteiger partial charge in [0.05, 0.1) is 0 Å². The average Bonchev–Trinajstić information content (AvgIpc) is 2.42. The van der Waals surface area contributed by atoms with E-state index in [2.05, 4.69) is 5.16 Å². The molecule has 3 nitrogen and oxygen atoms in total. The molecule has 2 N–H and O–H groups in total. The van der Waals surface area contributed by atoms with Crippen LogP contribution in [0.1, 0.15) is 37.7 Å². The van der Waals surface area contributed by atoms with Crippen molar-refractivity contribution in [2.24, 2.45) is 11.1 Å². The van der Waals surface area contributed by atoms with Crippen LogP contribution in [-0.4, -0.2) is 22.1 Å². The van der Waals surface area contributed by atoms with Crippen LogP contribution >= 0.6 is 0 Å². The summed E-state index contributed by atoms with van der Waals surface area (Å²) in [4.78, 5) is 0. The summed E-state index contributed by atoms with van der Waals surface area (Å²) in [5.41, 5.74) is 1.20. The number of aliphatic hydroxyl groups is 1. The summed E-state index contributed by atoms with van der Waals surface area (Å²) in [5.74, 6) is 0.231. The van der Waals surface area contributed by atoms with Crippen LogP contribution in [0.15, 0.2) is 35.5 Å². The molecular weight excluding hydrogens is 214 g/mol. The van der Waals surface area contributed by atoms with E-state index in [1.54, 1.807) is 0 Å². The first-order valence-electron chi connectivity index (χ1n) is 6.28. The molecular formula is C14H19NO2. The van der Waals surface area contributed by atoms with Crippen LogP contribution in [0.4, 0.5) is 0 Å². The highest BCUT2D eigenvalue weighted by Crippen LogP contribution is 2.28. The van der Waals surface area contributed by atoms with E-state index >= 15 is 0 Å². The van der Waals surface area contributed by atoms with Gasteiger partial charge in [0, 0.05) is 5.56 Å². The summed E-state index contributed by atoms with van der Waals surface area (Å²) in [6, 6.07) is 9.40. The Morgan fingerprint density at radius 2 is 1.76 bits per heavy atom. The van der Waals surface area contributed by atoms with Gasteiger partial charge in [-0.3, -0.25) is 0 Å². The van der Waals surface area contributed by atoms with E-state index in [0.717, 1.165) is 31.2 Å². The highest BCUT2D eigenvalue weighted by Gasteiger charge is 2.27. The van der Waals surface area contributed by atoms with Crippen LogP contribution in [-0.2, 0) is 0 Å². The zero-order valence-corrected chi connectivity index (χ0v) is 9.92. The van der Waals surface area contributed by atoms with Crippen molar-refractivity contribution in [1.82, 2.24) is 0 Å². The van der Waals surface area contributed by atoms with Gasteiger partial charge in [0.25, 0.3) is 0 Å². The van der Waals surface area contributed by atoms with Gasteiger partial charge in [-0.25, -0.2) is 0 Å². The molecule has 1 unspecified atom stereocenters. The van der Waals surface area contributed by atoms with Crippen LogP contribution in [0.5, 0.6) is 0 Å². The van der Waals surface area contributed by atoms with Crippen molar-refractivity contribution in [3.05, 3.63) is 35.9 Å². The standard InChI is InChI=1S/C14H19NO2/c16-14(12-9-5-2-6-10-12)13(15-17)11-7-3-1-4-8-11/h1,3-4,7-8,12,14,16-17H,2,5-6,9-10H2. The number of benzene rings is 1. The molecule has 1 saturated carbocycles. The van der Waals surface area contributed by atoms with E-state index in [1.807, 2.05) is 30.3 Å². The molecule has 1 aromatic carbocycles. The summed E-state index contributed by atoms with van der Waals surface area (Å²) in [7, 11) is 0. The van der Waals surface area contributed by atoms with Crippen molar-refractivity contribution < 1.29 is 10.3 Å². The van der Waals surface area contributed by atoms with Crippen molar-refractivity contribution in [2.45, 2.75) is 38.2 Å². The molecule has 0 heterocycles. The first-order valence-corrected chi connectivity index (χ1v) is 6.28. The van der Waals surface area contributed by atoms with Gasteiger partial charge in [0.2, 0.25) is 0 Å². The van der Waals surface area contributed by atoms with Crippen molar-refractivity contribution in [3.63, 3.8) is 0 Å². The van der Waals surface area contributed by atoms with Gasteiger partial charge in [-0.1, -0.05) is 54.8 Å². The van der Waals surface area contributed by atoms with Gasteiger partial charge in [-0.15, -0.1) is 0 Å². The fourth-order valence-corrected chi connectivity index (χ4v) is 2.57. The van der Waals surface area contributed by atoms with Crippen molar-refractivity contribution >= 4 is 5.71 Å². The fourth-order valence-electron chi connectivity index (χ4n) is 2.57. The molecule has 2 rings (SSSR count). The first kappa shape index (κ1) is 12.1. The monoisotopic (exact) mass is 233 g/mol. The Kier molecular flexibility index (Phi) is 4.15. The van der Waals surface area contributed by atoms with Crippen LogP contribution in [0.3, 0.4) is 0 Å². The number of rotatable bonds is 3. The van der Waals surface area contributed by atoms with E-state index < -0.39 is 6.10 Å². The van der Waals surface area contributed by atoms with Crippen LogP contribution in [0, 0.1) is 5.92 Å². The molecule has 3 heteroatoms. The lowest BCUT2D eigenvalue weighted by atomic mass is 9.82. The molecule has 92 valence electrons. The third kappa shape index (κ3) is 2.86. The maximum absolute atomic E-state index is 10.3. The molecule has 0 spiro atoms. The number of nitrogens with zero attached hydrogens (tertiary/aromatic N) is 1. The normalized spacial score (nSPS) is 20.2. The minimum atomic E-state index is -0.650. The Labute approximate surface area is 102 Å². The summed E-state index contributed by atoms with van der Waals surface area (Å²) >= 11 is 0. The van der Waals surface area contributed by atoms with E-state index in [-0.39, 0.29) is 5.92 Å². The molecule has 0 aliphatic heterocycles. The summed E-state index contributed by atoms with van der Waals surface area (Å²) < 4.78 is 0. The second-order valence-corrected chi connectivity index (χ2v) is 4.69. The molecule has 0 amide bonds. The summed E-state index contributed by atoms with van der Waals surface area (Å²) in [6.45, 7) is 0. The van der Waals surface area contributed by atoms with E-state index in [9.17, 15) is 5.11 Å². The lowest BCUT2D eigenvalue weighted by Crippen LogP contribution is -2.31. The predicted octanol–water partition coefficient (Wildman–Crippen LogP) is 2.81. The van der Waals surface area contributed by atoms with Gasteiger partial charge in [-0.05, 0) is 18.8 Å². The van der Waals surface area contributed by atoms with Crippen LogP contribution < -0.4 is 0 Å². The van der Waals surface area contributed by atoms with Crippen molar-refractivity contribution in [1.29, 1.82) is 0 Å². The Bertz CT molecular complexity index is 369. The second kappa shape index (κ2) is 5.82. The van der Waals surface area contributed by atoms with E-state index in [4.69, 9.17) is 5.21 Å². The highest BCUT2D eigenvalue weighted by atomic mass is 16.4. The lowest BCUT2D eigenvalue weighted by molar-refractivity contribution is 0.137. The summed E-state index contributed by atoms with van der Waals surface area (Å²) in [5, 5.41) is 22.7. The van der Waals surface area contributed by atoms with E-state index in [0.29, 0.717) is 5.71 Å². The minimum Gasteiger partial charge on any atom is -0.411 e. The molecule has 1 aromatic rings. The molecule has 0 bridgehead atoms. The van der Waals surface area contributed by atoms with Gasteiger partial charge in [0.15, 0.2) is 0 Å². The third-order valence-electron chi connectivity index (χ3n) is 3.55. The van der Waals surface area contributed by atoms with Gasteiger partial charge >= 0.3 is 0 Å². The van der Waals surface area contributed by atoms with Crippen LogP contribution in [0.2, 0.25) is 0 Å². The molecule has 17 heavy (non-hydrogen) atoms. The Morgan fingerprint density at radius 1 is 1.12 bits per heavy atom. The number of hydrogen-bond acceptors (Lipinski definition) is 3. The second-order valence-electron chi connectivity index (χ2n) is 4.69. The molecule has 1 atom stereocenters. The molecule has 0 radical (unpaired) electrons. The van der Waals surface area contributed by atoms with Gasteiger partial charge < -0.3 is 10.3 Å². The smallest absolute Gasteiger partial charge is 0.116 e. The lowest BCUT2D eigenvalue weighted by Gasteiger charge is -2.26. The largest absolute Gasteiger partial charge is 0.411 e. The Balaban J connectivity index is 2.13. The predicted molar refractivity (Wildman–Crippen MR) is 67.3 cm³/mol. The third-order valence-corrected chi connectivity index (χ3v) is 3.55. The molecule has 0 saturated heterocycles. The van der Waals surface area contributed by atoms with Crippen LogP contribution in [0.25, 0.3) is 0 Å². The maximum atomic E-state index is 10.3. The fraction of sp³-hybridized carbons (Fsp3) is 0.500. The highest BCUT2D eigenvalue weighted by molar-refractivity contribution is 6.03. The summed E-state index contributed by atoms with van der Waals surface area (Å²) in [6.07, 6.45) is 4.97.